The van der Waals surface area contributed by atoms with Crippen LogP contribution < -0.4 is 10.6 Å². The SMILES string of the molecule is O=C(Nc1nc(CN2CCCCC2)cs1)c1ccc(CNC(=O)C23CC4CC(CC(C4)C2)C3)cc1. The molecule has 0 spiro atoms. The predicted octanol–water partition coefficient (Wildman–Crippen LogP) is 5.21. The van der Waals surface area contributed by atoms with Crippen LogP contribution in [0.2, 0.25) is 0 Å². The van der Waals surface area contributed by atoms with E-state index in [4.69, 9.17) is 0 Å². The topological polar surface area (TPSA) is 74.3 Å². The van der Waals surface area contributed by atoms with E-state index in [9.17, 15) is 9.59 Å². The molecule has 4 aliphatic carbocycles. The summed E-state index contributed by atoms with van der Waals surface area (Å²) in [5.74, 6) is 2.41. The van der Waals surface area contributed by atoms with Crippen molar-refractivity contribution in [2.24, 2.45) is 23.2 Å². The molecule has 2 heterocycles. The summed E-state index contributed by atoms with van der Waals surface area (Å²) in [4.78, 5) is 33.0. The molecule has 35 heavy (non-hydrogen) atoms. The summed E-state index contributed by atoms with van der Waals surface area (Å²) < 4.78 is 0. The lowest BCUT2D eigenvalue weighted by Crippen LogP contribution is -2.53. The van der Waals surface area contributed by atoms with Gasteiger partial charge in [-0.15, -0.1) is 11.3 Å². The molecule has 2 aromatic rings. The Balaban J connectivity index is 1.01. The van der Waals surface area contributed by atoms with Crippen LogP contribution in [0.15, 0.2) is 29.6 Å². The molecule has 2 amide bonds. The van der Waals surface area contributed by atoms with E-state index in [0.717, 1.165) is 67.9 Å². The number of carbonyl (C=O) groups excluding carboxylic acids is 2. The molecule has 5 fully saturated rings. The van der Waals surface area contributed by atoms with Crippen molar-refractivity contribution >= 4 is 28.3 Å². The molecule has 0 atom stereocenters. The van der Waals surface area contributed by atoms with Crippen molar-refractivity contribution in [3.05, 3.63) is 46.5 Å². The van der Waals surface area contributed by atoms with Crippen molar-refractivity contribution in [2.75, 3.05) is 18.4 Å². The quantitative estimate of drug-likeness (QED) is 0.556. The number of benzene rings is 1. The molecule has 0 unspecified atom stereocenters. The minimum absolute atomic E-state index is 0.116. The molecule has 1 aliphatic heterocycles. The molecule has 6 nitrogen and oxygen atoms in total. The highest BCUT2D eigenvalue weighted by Gasteiger charge is 2.54. The smallest absolute Gasteiger partial charge is 0.257 e. The molecule has 1 aromatic heterocycles. The van der Waals surface area contributed by atoms with E-state index in [-0.39, 0.29) is 17.2 Å². The maximum absolute atomic E-state index is 13.2. The van der Waals surface area contributed by atoms with Crippen LogP contribution in [-0.4, -0.2) is 34.8 Å². The van der Waals surface area contributed by atoms with Crippen molar-refractivity contribution < 1.29 is 9.59 Å². The van der Waals surface area contributed by atoms with Gasteiger partial charge in [-0.1, -0.05) is 18.6 Å². The molecular weight excluding hydrogens is 456 g/mol. The first kappa shape index (κ1) is 23.2. The number of nitrogens with one attached hydrogen (secondary N) is 2. The molecule has 1 saturated heterocycles. The van der Waals surface area contributed by atoms with Gasteiger partial charge in [-0.3, -0.25) is 19.8 Å². The number of likely N-dealkylation sites (tertiary alicyclic amines) is 1. The van der Waals surface area contributed by atoms with Gasteiger partial charge in [-0.2, -0.15) is 0 Å². The van der Waals surface area contributed by atoms with Crippen molar-refractivity contribution in [2.45, 2.75) is 70.9 Å². The summed E-state index contributed by atoms with van der Waals surface area (Å²) in [5.41, 5.74) is 2.54. The van der Waals surface area contributed by atoms with Gasteiger partial charge in [0.25, 0.3) is 5.91 Å². The van der Waals surface area contributed by atoms with E-state index in [2.05, 4.69) is 20.5 Å². The number of thiazole rings is 1. The zero-order valence-corrected chi connectivity index (χ0v) is 21.2. The standard InChI is InChI=1S/C28H36N4O2S/c33-25(31-27-30-24(18-35-27)17-32-8-2-1-3-9-32)23-6-4-19(5-7-23)16-29-26(34)28-13-20-10-21(14-28)12-22(11-20)15-28/h4-7,18,20-22H,1-3,8-17H2,(H,29,34)(H,30,31,33). The average Bonchev–Trinajstić information content (AvgIpc) is 3.29. The molecule has 5 aliphatic rings. The van der Waals surface area contributed by atoms with Crippen molar-refractivity contribution in [3.63, 3.8) is 0 Å². The van der Waals surface area contributed by atoms with E-state index in [1.165, 1.54) is 49.9 Å². The van der Waals surface area contributed by atoms with Crippen molar-refractivity contribution in [3.8, 4) is 0 Å². The van der Waals surface area contributed by atoms with Crippen molar-refractivity contribution in [1.29, 1.82) is 0 Å². The number of piperidine rings is 1. The van der Waals surface area contributed by atoms with Crippen LogP contribution in [0.25, 0.3) is 0 Å². The number of aromatic nitrogens is 1. The third-order valence-corrected chi connectivity index (χ3v) is 9.60. The van der Waals surface area contributed by atoms with Crippen LogP contribution in [0.1, 0.15) is 79.4 Å². The Bertz CT molecular complexity index is 1040. The first-order valence-corrected chi connectivity index (χ1v) is 14.3. The van der Waals surface area contributed by atoms with Crippen LogP contribution in [-0.2, 0) is 17.9 Å². The van der Waals surface area contributed by atoms with Gasteiger partial charge in [0.15, 0.2) is 5.13 Å². The van der Waals surface area contributed by atoms with Crippen LogP contribution in [0, 0.1) is 23.2 Å². The number of nitrogens with zero attached hydrogens (tertiary/aromatic N) is 2. The summed E-state index contributed by atoms with van der Waals surface area (Å²) in [6.45, 7) is 3.65. The van der Waals surface area contributed by atoms with E-state index < -0.39 is 0 Å². The largest absolute Gasteiger partial charge is 0.352 e. The Kier molecular flexibility index (Phi) is 6.39. The fourth-order valence-electron chi connectivity index (χ4n) is 7.49. The number of anilines is 1. The number of amides is 2. The molecule has 2 N–H and O–H groups in total. The van der Waals surface area contributed by atoms with E-state index in [0.29, 0.717) is 17.2 Å². The van der Waals surface area contributed by atoms with Gasteiger partial charge in [-0.05, 0) is 99.9 Å². The fraction of sp³-hybridized carbons (Fsp3) is 0.607. The average molecular weight is 493 g/mol. The number of hydrogen-bond donors (Lipinski definition) is 2. The third kappa shape index (κ3) is 5.03. The van der Waals surface area contributed by atoms with Crippen LogP contribution in [0.3, 0.4) is 0 Å². The summed E-state index contributed by atoms with van der Waals surface area (Å²) in [6.07, 6.45) is 11.1. The first-order valence-electron chi connectivity index (χ1n) is 13.4. The normalized spacial score (nSPS) is 29.8. The predicted molar refractivity (Wildman–Crippen MR) is 138 cm³/mol. The molecule has 186 valence electrons. The summed E-state index contributed by atoms with van der Waals surface area (Å²) in [7, 11) is 0. The zero-order valence-electron chi connectivity index (χ0n) is 20.4. The molecular formula is C28H36N4O2S. The van der Waals surface area contributed by atoms with Gasteiger partial charge < -0.3 is 5.32 Å². The number of rotatable bonds is 7. The lowest BCUT2D eigenvalue weighted by atomic mass is 9.49. The molecule has 0 radical (unpaired) electrons. The summed E-state index contributed by atoms with van der Waals surface area (Å²) in [6, 6.07) is 7.56. The third-order valence-electron chi connectivity index (χ3n) is 8.80. The van der Waals surface area contributed by atoms with Crippen LogP contribution in [0.5, 0.6) is 0 Å². The first-order chi connectivity index (χ1) is 17.0. The second-order valence-electron chi connectivity index (χ2n) is 11.5. The summed E-state index contributed by atoms with van der Waals surface area (Å²) in [5, 5.41) is 8.86. The highest BCUT2D eigenvalue weighted by atomic mass is 32.1. The van der Waals surface area contributed by atoms with Gasteiger partial charge in [0.05, 0.1) is 5.69 Å². The lowest BCUT2D eigenvalue weighted by molar-refractivity contribution is -0.146. The van der Waals surface area contributed by atoms with Gasteiger partial charge in [-0.25, -0.2) is 4.98 Å². The summed E-state index contributed by atoms with van der Waals surface area (Å²) >= 11 is 1.48. The Hall–Kier alpha value is -2.25. The van der Waals surface area contributed by atoms with Gasteiger partial charge in [0, 0.05) is 29.4 Å². The molecule has 7 heteroatoms. The molecule has 4 saturated carbocycles. The van der Waals surface area contributed by atoms with Crippen LogP contribution in [0.4, 0.5) is 5.13 Å². The van der Waals surface area contributed by atoms with E-state index in [1.54, 1.807) is 0 Å². The Morgan fingerprint density at radius 2 is 1.63 bits per heavy atom. The van der Waals surface area contributed by atoms with Crippen molar-refractivity contribution in [1.82, 2.24) is 15.2 Å². The fourth-order valence-corrected chi connectivity index (χ4v) is 8.18. The highest BCUT2D eigenvalue weighted by molar-refractivity contribution is 7.14. The van der Waals surface area contributed by atoms with Gasteiger partial charge in [0.2, 0.25) is 5.91 Å². The second-order valence-corrected chi connectivity index (χ2v) is 12.4. The molecule has 7 rings (SSSR count). The lowest BCUT2D eigenvalue weighted by Gasteiger charge is -2.55. The Morgan fingerprint density at radius 3 is 2.29 bits per heavy atom. The van der Waals surface area contributed by atoms with Crippen LogP contribution >= 0.6 is 11.3 Å². The number of hydrogen-bond acceptors (Lipinski definition) is 5. The minimum atomic E-state index is -0.145. The van der Waals surface area contributed by atoms with E-state index in [1.807, 2.05) is 29.6 Å². The maximum atomic E-state index is 13.2. The number of carbonyl (C=O) groups is 2. The van der Waals surface area contributed by atoms with E-state index >= 15 is 0 Å². The Morgan fingerprint density at radius 1 is 0.971 bits per heavy atom. The minimum Gasteiger partial charge on any atom is -0.352 e. The maximum Gasteiger partial charge on any atom is 0.257 e. The highest BCUT2D eigenvalue weighted by Crippen LogP contribution is 2.60. The molecule has 4 bridgehead atoms. The second kappa shape index (κ2) is 9.66. The molecule has 1 aromatic carbocycles. The van der Waals surface area contributed by atoms with Gasteiger partial charge in [0.1, 0.15) is 0 Å². The monoisotopic (exact) mass is 492 g/mol. The van der Waals surface area contributed by atoms with Gasteiger partial charge >= 0.3 is 0 Å². The zero-order chi connectivity index (χ0) is 23.8. The Labute approximate surface area is 211 Å².